The fourth-order valence-electron chi connectivity index (χ4n) is 5.25. The largest absolute Gasteiger partial charge is 0.444 e. The van der Waals surface area contributed by atoms with Gasteiger partial charge in [-0.3, -0.25) is 10.3 Å². The van der Waals surface area contributed by atoms with Crippen LogP contribution in [0.5, 0.6) is 0 Å². The molecule has 0 unspecified atom stereocenters. The number of aryl methyl sites for hydroxylation is 2. The van der Waals surface area contributed by atoms with Gasteiger partial charge in [-0.1, -0.05) is 23.5 Å². The third-order valence-electron chi connectivity index (χ3n) is 6.87. The minimum atomic E-state index is -0.566. The molecule has 3 aliphatic heterocycles. The Labute approximate surface area is 232 Å². The number of aromatic nitrogens is 2. The summed E-state index contributed by atoms with van der Waals surface area (Å²) >= 11 is 1.40. The van der Waals surface area contributed by atoms with Gasteiger partial charge >= 0.3 is 12.1 Å². The van der Waals surface area contributed by atoms with Crippen LogP contribution >= 0.6 is 11.3 Å². The topological polar surface area (TPSA) is 111 Å². The highest BCUT2D eigenvalue weighted by Gasteiger charge is 2.44. The van der Waals surface area contributed by atoms with Crippen molar-refractivity contribution in [1.82, 2.24) is 19.8 Å². The van der Waals surface area contributed by atoms with E-state index < -0.39 is 5.60 Å². The molecule has 10 heteroatoms. The predicted octanol–water partition coefficient (Wildman–Crippen LogP) is 5.98. The van der Waals surface area contributed by atoms with Crippen molar-refractivity contribution in [1.29, 1.82) is 5.26 Å². The molecule has 0 spiro atoms. The Morgan fingerprint density at radius 1 is 1.03 bits per heavy atom. The highest BCUT2D eigenvalue weighted by molar-refractivity contribution is 7.19. The summed E-state index contributed by atoms with van der Waals surface area (Å²) in [6.45, 7) is 10.4. The van der Waals surface area contributed by atoms with Crippen LogP contribution in [0.1, 0.15) is 50.6 Å². The maximum atomic E-state index is 13.5. The SMILES string of the molecule is Cc1cc(-c2sc(NC(=O)N3C[C@@H]4CC[C@H]3CN4C(=O)OC(C)(C)C)nc2-c2cccc(C#N)c2)cc(C)n1. The average molecular weight is 545 g/mol. The third-order valence-corrected chi connectivity index (χ3v) is 7.89. The van der Waals surface area contributed by atoms with Gasteiger partial charge in [-0.15, -0.1) is 0 Å². The molecule has 39 heavy (non-hydrogen) atoms. The highest BCUT2D eigenvalue weighted by Crippen LogP contribution is 2.40. The van der Waals surface area contributed by atoms with Crippen molar-refractivity contribution >= 4 is 28.6 Å². The number of nitrogens with one attached hydrogen (secondary N) is 1. The highest BCUT2D eigenvalue weighted by atomic mass is 32.1. The molecule has 5 heterocycles. The lowest BCUT2D eigenvalue weighted by atomic mass is 9.91. The van der Waals surface area contributed by atoms with Crippen LogP contribution in [0.3, 0.4) is 0 Å². The van der Waals surface area contributed by atoms with Gasteiger partial charge in [0.2, 0.25) is 0 Å². The Balaban J connectivity index is 1.40. The number of pyridine rings is 1. The van der Waals surface area contributed by atoms with E-state index in [1.165, 1.54) is 11.3 Å². The van der Waals surface area contributed by atoms with E-state index in [4.69, 9.17) is 9.72 Å². The molecule has 9 nitrogen and oxygen atoms in total. The van der Waals surface area contributed by atoms with Crippen LogP contribution < -0.4 is 5.32 Å². The van der Waals surface area contributed by atoms with E-state index in [0.29, 0.717) is 29.5 Å². The van der Waals surface area contributed by atoms with Gasteiger partial charge in [-0.05, 0) is 77.3 Å². The van der Waals surface area contributed by atoms with Crippen molar-refractivity contribution in [2.24, 2.45) is 0 Å². The lowest BCUT2D eigenvalue weighted by molar-refractivity contribution is -0.0277. The van der Waals surface area contributed by atoms with Crippen molar-refractivity contribution in [3.05, 3.63) is 53.3 Å². The second-order valence-corrected chi connectivity index (χ2v) is 12.1. The minimum absolute atomic E-state index is 0.0745. The Morgan fingerprint density at radius 3 is 2.31 bits per heavy atom. The molecule has 202 valence electrons. The van der Waals surface area contributed by atoms with E-state index in [-0.39, 0.29) is 24.2 Å². The number of piperazine rings is 1. The third kappa shape index (κ3) is 5.73. The molecule has 1 aromatic carbocycles. The van der Waals surface area contributed by atoms with Gasteiger partial charge in [0.15, 0.2) is 5.13 Å². The van der Waals surface area contributed by atoms with Gasteiger partial charge in [0.25, 0.3) is 0 Å². The van der Waals surface area contributed by atoms with Gasteiger partial charge in [0, 0.05) is 30.0 Å². The number of nitrogens with zero attached hydrogens (tertiary/aromatic N) is 5. The van der Waals surface area contributed by atoms with Crippen molar-refractivity contribution < 1.29 is 14.3 Å². The van der Waals surface area contributed by atoms with Crippen LogP contribution in [0.4, 0.5) is 14.7 Å². The molecule has 6 rings (SSSR count). The molecule has 2 bridgehead atoms. The number of urea groups is 1. The first kappa shape index (κ1) is 26.6. The number of rotatable bonds is 3. The van der Waals surface area contributed by atoms with Gasteiger partial charge < -0.3 is 14.5 Å². The number of hydrogen-bond donors (Lipinski definition) is 1. The molecule has 3 aliphatic rings. The molecule has 2 aromatic heterocycles. The summed E-state index contributed by atoms with van der Waals surface area (Å²) in [7, 11) is 0. The van der Waals surface area contributed by atoms with E-state index in [2.05, 4.69) is 16.4 Å². The number of nitriles is 1. The van der Waals surface area contributed by atoms with Crippen molar-refractivity contribution in [3.8, 4) is 27.8 Å². The fraction of sp³-hybridized carbons (Fsp3) is 0.414. The number of amides is 3. The summed E-state index contributed by atoms with van der Waals surface area (Å²) in [5, 5.41) is 12.9. The molecule has 2 atom stereocenters. The second kappa shape index (κ2) is 10.3. The zero-order valence-electron chi connectivity index (χ0n) is 22.8. The maximum absolute atomic E-state index is 13.5. The lowest BCUT2D eigenvalue weighted by Gasteiger charge is -2.50. The number of ether oxygens (including phenoxy) is 1. The van der Waals surface area contributed by atoms with Crippen LogP contribution in [0.15, 0.2) is 36.4 Å². The van der Waals surface area contributed by atoms with E-state index in [1.54, 1.807) is 17.0 Å². The van der Waals surface area contributed by atoms with Crippen LogP contribution in [-0.2, 0) is 4.74 Å². The molecule has 0 saturated carbocycles. The van der Waals surface area contributed by atoms with E-state index in [9.17, 15) is 14.9 Å². The van der Waals surface area contributed by atoms with Crippen LogP contribution in [-0.4, -0.2) is 62.7 Å². The molecule has 3 aromatic rings. The number of fused-ring (bicyclic) bond motifs is 3. The smallest absolute Gasteiger partial charge is 0.410 e. The molecule has 3 fully saturated rings. The Morgan fingerprint density at radius 2 is 1.69 bits per heavy atom. The number of hydrogen-bond acceptors (Lipinski definition) is 7. The van der Waals surface area contributed by atoms with Gasteiger partial charge in [0.05, 0.1) is 34.3 Å². The maximum Gasteiger partial charge on any atom is 0.410 e. The first-order valence-electron chi connectivity index (χ1n) is 13.0. The molecule has 3 amide bonds. The molecule has 0 aliphatic carbocycles. The van der Waals surface area contributed by atoms with Crippen LogP contribution in [0, 0.1) is 25.2 Å². The summed E-state index contributed by atoms with van der Waals surface area (Å²) in [6.07, 6.45) is 1.35. The second-order valence-electron chi connectivity index (χ2n) is 11.1. The molecular weight excluding hydrogens is 512 g/mol. The summed E-state index contributed by atoms with van der Waals surface area (Å²) in [6, 6.07) is 13.1. The zero-order valence-corrected chi connectivity index (χ0v) is 23.6. The number of carbonyl (C=O) groups is 2. The van der Waals surface area contributed by atoms with Gasteiger partial charge in [-0.25, -0.2) is 14.6 Å². The molecule has 0 radical (unpaired) electrons. The van der Waals surface area contributed by atoms with Crippen molar-refractivity contribution in [2.75, 3.05) is 18.4 Å². The van der Waals surface area contributed by atoms with Crippen LogP contribution in [0.2, 0.25) is 0 Å². The predicted molar refractivity (Wildman–Crippen MR) is 150 cm³/mol. The normalized spacial score (nSPS) is 18.6. The number of carbonyl (C=O) groups excluding carboxylic acids is 2. The number of piperidine rings is 2. The fourth-order valence-corrected chi connectivity index (χ4v) is 6.22. The number of benzene rings is 1. The minimum Gasteiger partial charge on any atom is -0.444 e. The molecule has 3 saturated heterocycles. The van der Waals surface area contributed by atoms with Crippen molar-refractivity contribution in [3.63, 3.8) is 0 Å². The first-order chi connectivity index (χ1) is 18.5. The Kier molecular flexibility index (Phi) is 7.03. The Hall–Kier alpha value is -3.97. The summed E-state index contributed by atoms with van der Waals surface area (Å²) < 4.78 is 5.59. The summed E-state index contributed by atoms with van der Waals surface area (Å²) in [5.74, 6) is 0. The van der Waals surface area contributed by atoms with E-state index in [0.717, 1.165) is 40.2 Å². The molecule has 1 N–H and O–H groups in total. The monoisotopic (exact) mass is 544 g/mol. The average Bonchev–Trinajstić information content (AvgIpc) is 3.31. The van der Waals surface area contributed by atoms with Crippen LogP contribution in [0.25, 0.3) is 21.7 Å². The van der Waals surface area contributed by atoms with E-state index >= 15 is 0 Å². The summed E-state index contributed by atoms with van der Waals surface area (Å²) in [4.78, 5) is 40.0. The Bertz CT molecular complexity index is 1450. The van der Waals surface area contributed by atoms with Gasteiger partial charge in [-0.2, -0.15) is 5.26 Å². The number of thiazole rings is 1. The van der Waals surface area contributed by atoms with Gasteiger partial charge in [0.1, 0.15) is 5.60 Å². The quantitative estimate of drug-likeness (QED) is 0.434. The zero-order chi connectivity index (χ0) is 27.9. The molecular formula is C29H32N6O3S. The first-order valence-corrected chi connectivity index (χ1v) is 13.9. The van der Waals surface area contributed by atoms with E-state index in [1.807, 2.05) is 63.8 Å². The standard InChI is InChI=1S/C29H32N6O3S/c1-17-11-21(12-18(2)31-17)25-24(20-8-6-7-19(13-20)14-30)32-26(39-25)33-27(36)34-15-23-10-9-22(34)16-35(23)28(37)38-29(3,4)5/h6-8,11-13,22-23H,9-10,15-16H2,1-5H3,(H,32,33,36)/t22-,23-/m0/s1. The van der Waals surface area contributed by atoms with Crippen molar-refractivity contribution in [2.45, 2.75) is 65.1 Å². The summed E-state index contributed by atoms with van der Waals surface area (Å²) in [5.41, 5.74) is 4.22. The number of anilines is 1. The lowest BCUT2D eigenvalue weighted by Crippen LogP contribution is -2.66.